The zero-order valence-corrected chi connectivity index (χ0v) is 17.8. The van der Waals surface area contributed by atoms with Gasteiger partial charge in [-0.05, 0) is 54.8 Å². The summed E-state index contributed by atoms with van der Waals surface area (Å²) in [6.07, 6.45) is 2.60. The molecule has 0 saturated carbocycles. The molecule has 7 nitrogen and oxygen atoms in total. The molecular formula is C20H24ClN5O2S. The Bertz CT molecular complexity index is 931. The van der Waals surface area contributed by atoms with Crippen molar-refractivity contribution in [2.45, 2.75) is 24.4 Å². The number of halogens is 1. The Hall–Kier alpha value is -2.23. The van der Waals surface area contributed by atoms with Crippen molar-refractivity contribution in [2.24, 2.45) is 15.9 Å². The molecule has 1 unspecified atom stereocenters. The van der Waals surface area contributed by atoms with Gasteiger partial charge in [-0.2, -0.15) is 0 Å². The number of ether oxygens (including phenoxy) is 1. The molecule has 9 heteroatoms. The van der Waals surface area contributed by atoms with Gasteiger partial charge in [-0.25, -0.2) is 4.99 Å². The van der Waals surface area contributed by atoms with Crippen LogP contribution in [0.3, 0.4) is 0 Å². The van der Waals surface area contributed by atoms with Crippen molar-refractivity contribution < 1.29 is 9.29 Å². The van der Waals surface area contributed by atoms with Crippen LogP contribution in [0.2, 0.25) is 5.02 Å². The fourth-order valence-electron chi connectivity index (χ4n) is 3.07. The molecule has 2 aromatic rings. The van der Waals surface area contributed by atoms with Crippen LogP contribution < -0.4 is 26.2 Å². The van der Waals surface area contributed by atoms with Gasteiger partial charge in [0.15, 0.2) is 10.9 Å². The first-order chi connectivity index (χ1) is 13.9. The molecule has 0 aliphatic carbocycles. The molecule has 0 fully saturated rings. The van der Waals surface area contributed by atoms with Crippen molar-refractivity contribution >= 4 is 34.6 Å². The first-order valence-electron chi connectivity index (χ1n) is 9.03. The van der Waals surface area contributed by atoms with E-state index in [4.69, 9.17) is 27.2 Å². The second kappa shape index (κ2) is 9.51. The van der Waals surface area contributed by atoms with E-state index in [1.54, 1.807) is 19.2 Å². The Morgan fingerprint density at radius 1 is 1.31 bits per heavy atom. The van der Waals surface area contributed by atoms with Crippen LogP contribution in [-0.2, 0) is 17.8 Å². The Kier molecular flexibility index (Phi) is 7.05. The Morgan fingerprint density at radius 2 is 2.03 bits per heavy atom. The predicted molar refractivity (Wildman–Crippen MR) is 118 cm³/mol. The van der Waals surface area contributed by atoms with Crippen molar-refractivity contribution in [1.82, 2.24) is 10.6 Å². The standard InChI is InChI=1S/C20H24ClN5O2S/c1-12-9-18(28-2)16(21)10-15(12)17-11-19(26-20(22)25-17)24-8-7-13-3-5-14(6-4-13)29(23)27/h3-6,9-11,19,24H,7-8,23H2,1-2H3,(H3,22,25,26)/t19?,29-/m1/s1. The fraction of sp³-hybridized carbons (Fsp3) is 0.250. The van der Waals surface area contributed by atoms with Gasteiger partial charge in [0.2, 0.25) is 0 Å². The summed E-state index contributed by atoms with van der Waals surface area (Å²) in [6.45, 7) is 2.69. The molecule has 3 rings (SSSR count). The summed E-state index contributed by atoms with van der Waals surface area (Å²) in [7, 11) is 1.59. The number of rotatable bonds is 7. The predicted octanol–water partition coefficient (Wildman–Crippen LogP) is 2.06. The summed E-state index contributed by atoms with van der Waals surface area (Å²) in [6, 6.07) is 11.1. The number of aryl methyl sites for hydroxylation is 1. The molecule has 1 aliphatic rings. The molecule has 0 aromatic heterocycles. The highest BCUT2D eigenvalue weighted by Gasteiger charge is 2.17. The molecule has 0 radical (unpaired) electrons. The van der Waals surface area contributed by atoms with Gasteiger partial charge in [0, 0.05) is 12.1 Å². The van der Waals surface area contributed by atoms with Gasteiger partial charge >= 0.3 is 0 Å². The van der Waals surface area contributed by atoms with Crippen LogP contribution in [0.5, 0.6) is 5.75 Å². The number of guanidine groups is 1. The summed E-state index contributed by atoms with van der Waals surface area (Å²) >= 11 is 4.83. The van der Waals surface area contributed by atoms with Crippen molar-refractivity contribution in [2.75, 3.05) is 13.7 Å². The molecule has 0 bridgehead atoms. The van der Waals surface area contributed by atoms with Gasteiger partial charge in [-0.15, -0.1) is 5.14 Å². The average Bonchev–Trinajstić information content (AvgIpc) is 2.69. The quantitative estimate of drug-likeness (QED) is 0.496. The third-order valence-corrected chi connectivity index (χ3v) is 5.61. The van der Waals surface area contributed by atoms with E-state index in [9.17, 15) is 4.55 Å². The number of nitrogens with one attached hydrogen (secondary N) is 2. The number of hydrogen-bond acceptors (Lipinski definition) is 7. The van der Waals surface area contributed by atoms with Crippen molar-refractivity contribution in [3.8, 4) is 5.75 Å². The SMILES string of the molecule is COc1cc(C)c(C2=CC(NCCc3ccc([S@+](N)[O-])cc3)NC(N)=N2)cc1Cl. The van der Waals surface area contributed by atoms with Crippen molar-refractivity contribution in [3.63, 3.8) is 0 Å². The summed E-state index contributed by atoms with van der Waals surface area (Å²) < 4.78 is 16.5. The smallest absolute Gasteiger partial charge is 0.195 e. The highest BCUT2D eigenvalue weighted by molar-refractivity contribution is 7.89. The van der Waals surface area contributed by atoms with Gasteiger partial charge in [-0.3, -0.25) is 5.32 Å². The maximum atomic E-state index is 11.3. The number of methoxy groups -OCH3 is 1. The molecular weight excluding hydrogens is 410 g/mol. The van der Waals surface area contributed by atoms with Crippen LogP contribution in [0.4, 0.5) is 0 Å². The van der Waals surface area contributed by atoms with Crippen molar-refractivity contribution in [3.05, 3.63) is 64.2 Å². The topological polar surface area (TPSA) is 121 Å². The zero-order chi connectivity index (χ0) is 21.0. The number of nitrogens with zero attached hydrogens (tertiary/aromatic N) is 1. The van der Waals surface area contributed by atoms with Gasteiger partial charge in [0.05, 0.1) is 29.2 Å². The third-order valence-electron chi connectivity index (χ3n) is 4.58. The largest absolute Gasteiger partial charge is 0.593 e. The monoisotopic (exact) mass is 433 g/mol. The lowest BCUT2D eigenvalue weighted by Gasteiger charge is -2.23. The van der Waals surface area contributed by atoms with Crippen LogP contribution in [0.15, 0.2) is 52.4 Å². The average molecular weight is 434 g/mol. The lowest BCUT2D eigenvalue weighted by molar-refractivity contribution is 0.414. The van der Waals surface area contributed by atoms with E-state index in [0.717, 1.165) is 28.8 Å². The molecule has 154 valence electrons. The lowest BCUT2D eigenvalue weighted by Crippen LogP contribution is -2.49. The number of nitrogens with two attached hydrogens (primary N) is 2. The van der Waals surface area contributed by atoms with E-state index in [1.807, 2.05) is 37.3 Å². The molecule has 2 atom stereocenters. The lowest BCUT2D eigenvalue weighted by atomic mass is 10.0. The first-order valence-corrected chi connectivity index (χ1v) is 10.6. The van der Waals surface area contributed by atoms with Crippen molar-refractivity contribution in [1.29, 1.82) is 0 Å². The number of aliphatic imine (C=N–C) groups is 1. The van der Waals surface area contributed by atoms with E-state index in [1.165, 1.54) is 0 Å². The maximum Gasteiger partial charge on any atom is 0.195 e. The van der Waals surface area contributed by atoms with Gasteiger partial charge in [0.1, 0.15) is 11.9 Å². The molecule has 29 heavy (non-hydrogen) atoms. The molecule has 0 saturated heterocycles. The zero-order valence-electron chi connectivity index (χ0n) is 16.2. The summed E-state index contributed by atoms with van der Waals surface area (Å²) in [5.41, 5.74) is 9.74. The summed E-state index contributed by atoms with van der Waals surface area (Å²) in [4.78, 5) is 5.03. The highest BCUT2D eigenvalue weighted by atomic mass is 35.5. The molecule has 6 N–H and O–H groups in total. The third kappa shape index (κ3) is 5.43. The van der Waals surface area contributed by atoms with E-state index >= 15 is 0 Å². The van der Waals surface area contributed by atoms with Crippen LogP contribution in [0, 0.1) is 6.92 Å². The van der Waals surface area contributed by atoms with Gasteiger partial charge in [-0.1, -0.05) is 23.7 Å². The van der Waals surface area contributed by atoms with E-state index in [2.05, 4.69) is 15.6 Å². The van der Waals surface area contributed by atoms with E-state index < -0.39 is 11.4 Å². The summed E-state index contributed by atoms with van der Waals surface area (Å²) in [5, 5.41) is 12.4. The minimum atomic E-state index is -1.46. The van der Waals surface area contributed by atoms with Gasteiger partial charge < -0.3 is 20.3 Å². The van der Waals surface area contributed by atoms with E-state index in [-0.39, 0.29) is 6.17 Å². The molecule has 2 aromatic carbocycles. The number of hydrogen-bond donors (Lipinski definition) is 4. The first kappa shape index (κ1) is 21.5. The van der Waals surface area contributed by atoms with Gasteiger partial charge in [0.25, 0.3) is 0 Å². The summed E-state index contributed by atoms with van der Waals surface area (Å²) in [5.74, 6) is 0.958. The molecule has 0 spiro atoms. The molecule has 0 amide bonds. The van der Waals surface area contributed by atoms with Crippen LogP contribution in [0.25, 0.3) is 5.70 Å². The highest BCUT2D eigenvalue weighted by Crippen LogP contribution is 2.32. The van der Waals surface area contributed by atoms with E-state index in [0.29, 0.717) is 28.2 Å². The number of benzene rings is 2. The minimum Gasteiger partial charge on any atom is -0.593 e. The Labute approximate surface area is 178 Å². The maximum absolute atomic E-state index is 11.3. The Balaban J connectivity index is 1.67. The second-order valence-electron chi connectivity index (χ2n) is 6.62. The normalized spacial score (nSPS) is 17.2. The van der Waals surface area contributed by atoms with Crippen LogP contribution in [-0.4, -0.2) is 30.3 Å². The van der Waals surface area contributed by atoms with Crippen LogP contribution in [0.1, 0.15) is 16.7 Å². The fourth-order valence-corrected chi connectivity index (χ4v) is 3.71. The Morgan fingerprint density at radius 3 is 2.69 bits per heavy atom. The molecule has 1 aliphatic heterocycles. The van der Waals surface area contributed by atoms with Crippen LogP contribution >= 0.6 is 11.6 Å². The molecule has 1 heterocycles. The second-order valence-corrected chi connectivity index (χ2v) is 8.09. The minimum absolute atomic E-state index is 0.168.